The Balaban J connectivity index is 1.50. The first kappa shape index (κ1) is 20.5. The first-order valence-corrected chi connectivity index (χ1v) is 11.4. The van der Waals surface area contributed by atoms with E-state index in [4.69, 9.17) is 14.2 Å². The average molecular weight is 486 g/mol. The zero-order chi connectivity index (χ0) is 21.5. The fourth-order valence-corrected chi connectivity index (χ4v) is 5.18. The van der Waals surface area contributed by atoms with E-state index in [-0.39, 0.29) is 24.1 Å². The average Bonchev–Trinajstić information content (AvgIpc) is 3.07. The van der Waals surface area contributed by atoms with Crippen molar-refractivity contribution in [3.8, 4) is 17.2 Å². The molecular formula is C24H24BrNO5. The summed E-state index contributed by atoms with van der Waals surface area (Å²) in [5.41, 5.74) is 2.70. The molecule has 0 aliphatic carbocycles. The topological polar surface area (TPSA) is 72.3 Å². The molecule has 1 fully saturated rings. The van der Waals surface area contributed by atoms with E-state index in [1.807, 2.05) is 12.1 Å². The van der Waals surface area contributed by atoms with Crippen LogP contribution in [-0.2, 0) is 17.9 Å². The summed E-state index contributed by atoms with van der Waals surface area (Å²) in [5, 5.41) is 12.7. The summed E-state index contributed by atoms with van der Waals surface area (Å²) in [5.74, 6) is 1.03. The summed E-state index contributed by atoms with van der Waals surface area (Å²) in [4.78, 5) is 14.5. The Labute approximate surface area is 189 Å². The molecule has 2 unspecified atom stereocenters. The molecule has 0 radical (unpaired) electrons. The molecule has 5 rings (SSSR count). The van der Waals surface area contributed by atoms with E-state index < -0.39 is 0 Å². The van der Waals surface area contributed by atoms with Crippen molar-refractivity contribution < 1.29 is 29.0 Å². The molecule has 162 valence electrons. The number of fused-ring (bicyclic) bond motifs is 2. The van der Waals surface area contributed by atoms with Crippen LogP contribution in [0.2, 0.25) is 0 Å². The smallest absolute Gasteiger partial charge is 0.231 e. The Kier molecular flexibility index (Phi) is 5.50. The normalized spacial score (nSPS) is 23.8. The van der Waals surface area contributed by atoms with Gasteiger partial charge >= 0.3 is 0 Å². The SMILES string of the molecule is CC1CCCC[NH+]1Cc1c([O-])ccc2c1OC(=Cc1cc(Br)cc3c1OCOC3)C2=O. The van der Waals surface area contributed by atoms with Crippen molar-refractivity contribution in [3.05, 3.63) is 56.8 Å². The van der Waals surface area contributed by atoms with Crippen molar-refractivity contribution in [2.45, 2.75) is 45.4 Å². The molecule has 0 aromatic heterocycles. The lowest BCUT2D eigenvalue weighted by Gasteiger charge is -2.31. The number of Topliss-reactive ketones (excluding diaryl/α,β-unsaturated/α-hetero) is 1. The lowest BCUT2D eigenvalue weighted by molar-refractivity contribution is -0.942. The van der Waals surface area contributed by atoms with Crippen molar-refractivity contribution in [1.82, 2.24) is 0 Å². The third-order valence-electron chi connectivity index (χ3n) is 6.37. The predicted octanol–water partition coefficient (Wildman–Crippen LogP) is 2.96. The monoisotopic (exact) mass is 485 g/mol. The quantitative estimate of drug-likeness (QED) is 0.676. The summed E-state index contributed by atoms with van der Waals surface area (Å²) in [6, 6.07) is 7.39. The van der Waals surface area contributed by atoms with Crippen LogP contribution in [0, 0.1) is 0 Å². The van der Waals surface area contributed by atoms with Crippen molar-refractivity contribution in [2.75, 3.05) is 13.3 Å². The number of hydrogen-bond acceptors (Lipinski definition) is 5. The van der Waals surface area contributed by atoms with Gasteiger partial charge in [0.15, 0.2) is 12.6 Å². The maximum Gasteiger partial charge on any atom is 0.231 e. The molecule has 0 bridgehead atoms. The molecule has 3 aliphatic rings. The van der Waals surface area contributed by atoms with Gasteiger partial charge in [-0.3, -0.25) is 4.79 Å². The Morgan fingerprint density at radius 1 is 1.26 bits per heavy atom. The number of halogens is 1. The molecule has 1 N–H and O–H groups in total. The van der Waals surface area contributed by atoms with Crippen molar-refractivity contribution in [3.63, 3.8) is 0 Å². The minimum absolute atomic E-state index is 0.0709. The van der Waals surface area contributed by atoms with E-state index in [2.05, 4.69) is 22.9 Å². The zero-order valence-electron chi connectivity index (χ0n) is 17.3. The van der Waals surface area contributed by atoms with Crippen LogP contribution in [-0.4, -0.2) is 25.2 Å². The molecule has 1 saturated heterocycles. The van der Waals surface area contributed by atoms with Gasteiger partial charge in [-0.05, 0) is 50.5 Å². The number of carbonyl (C=O) groups excluding carboxylic acids is 1. The maximum atomic E-state index is 13.1. The van der Waals surface area contributed by atoms with Gasteiger partial charge in [0.05, 0.1) is 24.8 Å². The van der Waals surface area contributed by atoms with E-state index in [0.717, 1.165) is 35.0 Å². The Morgan fingerprint density at radius 2 is 2.13 bits per heavy atom. The van der Waals surface area contributed by atoms with Gasteiger partial charge in [0.25, 0.3) is 0 Å². The highest BCUT2D eigenvalue weighted by Crippen LogP contribution is 2.40. The van der Waals surface area contributed by atoms with Crippen molar-refractivity contribution in [1.29, 1.82) is 0 Å². The first-order valence-electron chi connectivity index (χ1n) is 10.7. The lowest BCUT2D eigenvalue weighted by Crippen LogP contribution is -3.14. The van der Waals surface area contributed by atoms with Gasteiger partial charge in [0.1, 0.15) is 18.0 Å². The highest BCUT2D eigenvalue weighted by atomic mass is 79.9. The number of benzene rings is 2. The number of ether oxygens (including phenoxy) is 3. The number of carbonyl (C=O) groups is 1. The molecular weight excluding hydrogens is 462 g/mol. The molecule has 2 aromatic rings. The number of nitrogens with one attached hydrogen (secondary N) is 1. The zero-order valence-corrected chi connectivity index (χ0v) is 18.9. The maximum absolute atomic E-state index is 13.1. The third-order valence-corrected chi connectivity index (χ3v) is 6.83. The number of likely N-dealkylation sites (tertiary alicyclic amines) is 1. The molecule has 7 heteroatoms. The second-order valence-electron chi connectivity index (χ2n) is 8.43. The van der Waals surface area contributed by atoms with E-state index in [9.17, 15) is 9.90 Å². The number of allylic oxidation sites excluding steroid dienone is 1. The molecule has 3 aliphatic heterocycles. The summed E-state index contributed by atoms with van der Waals surface area (Å²) >= 11 is 3.51. The molecule has 3 heterocycles. The molecule has 2 aromatic carbocycles. The standard InChI is InChI=1S/C24H24BrNO5/c1-14-4-2-3-7-26(14)11-19-20(27)6-5-18-22(28)21(31-24(18)19)10-15-8-17(25)9-16-12-29-13-30-23(15)16/h5-6,8-10,14,27H,2-4,7,11-13H2,1H3. The van der Waals surface area contributed by atoms with E-state index in [1.54, 1.807) is 12.1 Å². The van der Waals surface area contributed by atoms with Gasteiger partial charge in [-0.2, -0.15) is 0 Å². The third kappa shape index (κ3) is 3.86. The Hall–Kier alpha value is -2.35. The number of quaternary nitrogens is 1. The van der Waals surface area contributed by atoms with Crippen LogP contribution in [0.3, 0.4) is 0 Å². The minimum Gasteiger partial charge on any atom is -0.872 e. The van der Waals surface area contributed by atoms with Gasteiger partial charge in [-0.1, -0.05) is 27.7 Å². The summed E-state index contributed by atoms with van der Waals surface area (Å²) in [6.45, 7) is 4.45. The second-order valence-corrected chi connectivity index (χ2v) is 9.35. The van der Waals surface area contributed by atoms with E-state index in [0.29, 0.717) is 41.8 Å². The number of hydrogen-bond donors (Lipinski definition) is 1. The Bertz CT molecular complexity index is 1080. The van der Waals surface area contributed by atoms with Crippen LogP contribution in [0.1, 0.15) is 53.2 Å². The summed E-state index contributed by atoms with van der Waals surface area (Å²) in [6.07, 6.45) is 5.24. The highest BCUT2D eigenvalue weighted by Gasteiger charge is 2.33. The largest absolute Gasteiger partial charge is 0.872 e. The Morgan fingerprint density at radius 3 is 2.97 bits per heavy atom. The van der Waals surface area contributed by atoms with Gasteiger partial charge in [-0.25, -0.2) is 0 Å². The summed E-state index contributed by atoms with van der Waals surface area (Å²) < 4.78 is 17.9. The van der Waals surface area contributed by atoms with Gasteiger partial charge in [0, 0.05) is 21.2 Å². The molecule has 0 spiro atoms. The van der Waals surface area contributed by atoms with Crippen LogP contribution >= 0.6 is 15.9 Å². The van der Waals surface area contributed by atoms with Gasteiger partial charge < -0.3 is 24.2 Å². The van der Waals surface area contributed by atoms with Crippen molar-refractivity contribution >= 4 is 27.8 Å². The number of rotatable bonds is 3. The van der Waals surface area contributed by atoms with Gasteiger partial charge in [0.2, 0.25) is 5.78 Å². The molecule has 0 amide bonds. The van der Waals surface area contributed by atoms with Crippen molar-refractivity contribution in [2.24, 2.45) is 0 Å². The number of piperidine rings is 1. The van der Waals surface area contributed by atoms with Crippen LogP contribution in [0.5, 0.6) is 17.2 Å². The second kappa shape index (κ2) is 8.30. The highest BCUT2D eigenvalue weighted by molar-refractivity contribution is 9.10. The predicted molar refractivity (Wildman–Crippen MR) is 116 cm³/mol. The van der Waals surface area contributed by atoms with Crippen LogP contribution in [0.25, 0.3) is 6.08 Å². The van der Waals surface area contributed by atoms with E-state index in [1.165, 1.54) is 17.4 Å². The molecule has 0 saturated carbocycles. The minimum atomic E-state index is -0.210. The lowest BCUT2D eigenvalue weighted by atomic mass is 10.0. The van der Waals surface area contributed by atoms with Crippen LogP contribution in [0.15, 0.2) is 34.5 Å². The fourth-order valence-electron chi connectivity index (χ4n) is 4.66. The van der Waals surface area contributed by atoms with Crippen LogP contribution in [0.4, 0.5) is 0 Å². The molecule has 2 atom stereocenters. The molecule has 31 heavy (non-hydrogen) atoms. The van der Waals surface area contributed by atoms with Gasteiger partial charge in [-0.15, -0.1) is 0 Å². The molecule has 6 nitrogen and oxygen atoms in total. The number of ketones is 1. The summed E-state index contributed by atoms with van der Waals surface area (Å²) in [7, 11) is 0. The first-order chi connectivity index (χ1) is 15.0. The van der Waals surface area contributed by atoms with Crippen LogP contribution < -0.4 is 19.5 Å². The fraction of sp³-hybridized carbons (Fsp3) is 0.375. The van der Waals surface area contributed by atoms with E-state index >= 15 is 0 Å².